The van der Waals surface area contributed by atoms with Crippen molar-refractivity contribution in [2.45, 2.75) is 25.3 Å². The summed E-state index contributed by atoms with van der Waals surface area (Å²) < 4.78 is 27.0. The first-order chi connectivity index (χ1) is 9.84. The lowest BCUT2D eigenvalue weighted by Gasteiger charge is -2.21. The Bertz CT molecular complexity index is 740. The normalized spacial score (nSPS) is 11.8. The van der Waals surface area contributed by atoms with Crippen molar-refractivity contribution in [3.63, 3.8) is 0 Å². The second-order valence-electron chi connectivity index (χ2n) is 5.17. The summed E-state index contributed by atoms with van der Waals surface area (Å²) in [6.45, 7) is 3.86. The van der Waals surface area contributed by atoms with Crippen LogP contribution in [0.25, 0.3) is 0 Å². The van der Waals surface area contributed by atoms with E-state index in [4.69, 9.17) is 5.73 Å². The molecule has 2 N–H and O–H groups in total. The van der Waals surface area contributed by atoms with Crippen LogP contribution in [-0.2, 0) is 16.6 Å². The van der Waals surface area contributed by atoms with Crippen LogP contribution in [0.15, 0.2) is 47.4 Å². The van der Waals surface area contributed by atoms with Crippen molar-refractivity contribution >= 4 is 15.7 Å². The molecule has 0 amide bonds. The summed E-state index contributed by atoms with van der Waals surface area (Å²) in [5.74, 6) is 0. The lowest BCUT2D eigenvalue weighted by molar-refractivity contribution is 0.466. The van der Waals surface area contributed by atoms with Gasteiger partial charge >= 0.3 is 0 Å². The number of hydrogen-bond acceptors (Lipinski definition) is 3. The maximum absolute atomic E-state index is 12.8. The maximum atomic E-state index is 12.8. The van der Waals surface area contributed by atoms with Gasteiger partial charge in [-0.25, -0.2) is 8.42 Å². The molecule has 2 aromatic carbocycles. The van der Waals surface area contributed by atoms with Crippen molar-refractivity contribution in [3.05, 3.63) is 59.2 Å². The lowest BCUT2D eigenvalue weighted by Crippen LogP contribution is -2.28. The average molecular weight is 304 g/mol. The Balaban J connectivity index is 2.41. The van der Waals surface area contributed by atoms with Crippen LogP contribution in [0.3, 0.4) is 0 Å². The summed E-state index contributed by atoms with van der Waals surface area (Å²) in [6, 6.07) is 13.0. The molecule has 0 bridgehead atoms. The standard InChI is InChI=1S/C16H20N2O2S/c1-12-9-10-15(17)13(2)16(12)21(19,20)18(3)11-14-7-5-4-6-8-14/h4-10H,11,17H2,1-3H3. The summed E-state index contributed by atoms with van der Waals surface area (Å²) in [5, 5.41) is 0. The van der Waals surface area contributed by atoms with Crippen molar-refractivity contribution in [2.24, 2.45) is 0 Å². The fraction of sp³-hybridized carbons (Fsp3) is 0.250. The molecule has 0 saturated heterocycles. The Hall–Kier alpha value is -1.85. The Morgan fingerprint density at radius 1 is 1.05 bits per heavy atom. The molecule has 0 fully saturated rings. The highest BCUT2D eigenvalue weighted by molar-refractivity contribution is 7.89. The molecule has 2 rings (SSSR count). The molecule has 0 radical (unpaired) electrons. The number of nitrogens with two attached hydrogens (primary N) is 1. The van der Waals surface area contributed by atoms with E-state index in [9.17, 15) is 8.42 Å². The molecule has 112 valence electrons. The molecular formula is C16H20N2O2S. The van der Waals surface area contributed by atoms with Crippen LogP contribution in [0.1, 0.15) is 16.7 Å². The molecule has 0 atom stereocenters. The van der Waals surface area contributed by atoms with Crippen molar-refractivity contribution in [2.75, 3.05) is 12.8 Å². The molecule has 21 heavy (non-hydrogen) atoms. The molecule has 4 nitrogen and oxygen atoms in total. The van der Waals surface area contributed by atoms with Crippen LogP contribution in [-0.4, -0.2) is 19.8 Å². The van der Waals surface area contributed by atoms with Crippen LogP contribution in [0.4, 0.5) is 5.69 Å². The van der Waals surface area contributed by atoms with Gasteiger partial charge in [-0.1, -0.05) is 36.4 Å². The smallest absolute Gasteiger partial charge is 0.243 e. The van der Waals surface area contributed by atoms with E-state index in [0.29, 0.717) is 28.3 Å². The zero-order valence-corrected chi connectivity index (χ0v) is 13.3. The molecule has 0 aromatic heterocycles. The highest BCUT2D eigenvalue weighted by Crippen LogP contribution is 2.27. The van der Waals surface area contributed by atoms with Gasteiger partial charge in [-0.05, 0) is 36.6 Å². The molecule has 0 heterocycles. The number of anilines is 1. The third-order valence-corrected chi connectivity index (χ3v) is 5.65. The minimum Gasteiger partial charge on any atom is -0.398 e. The molecule has 0 saturated carbocycles. The van der Waals surface area contributed by atoms with E-state index < -0.39 is 10.0 Å². The van der Waals surface area contributed by atoms with Crippen LogP contribution in [0, 0.1) is 13.8 Å². The first-order valence-corrected chi connectivity index (χ1v) is 8.14. The topological polar surface area (TPSA) is 63.4 Å². The van der Waals surface area contributed by atoms with E-state index in [0.717, 1.165) is 5.56 Å². The lowest BCUT2D eigenvalue weighted by atomic mass is 10.1. The van der Waals surface area contributed by atoms with Crippen molar-refractivity contribution in [3.8, 4) is 0 Å². The summed E-state index contributed by atoms with van der Waals surface area (Å²) >= 11 is 0. The first kappa shape index (κ1) is 15.5. The number of nitrogen functional groups attached to an aromatic ring is 1. The van der Waals surface area contributed by atoms with E-state index >= 15 is 0 Å². The molecular weight excluding hydrogens is 284 g/mol. The number of sulfonamides is 1. The van der Waals surface area contributed by atoms with Gasteiger partial charge in [0, 0.05) is 19.3 Å². The number of nitrogens with zero attached hydrogens (tertiary/aromatic N) is 1. The van der Waals surface area contributed by atoms with Crippen molar-refractivity contribution < 1.29 is 8.42 Å². The third-order valence-electron chi connectivity index (χ3n) is 3.56. The van der Waals surface area contributed by atoms with Gasteiger partial charge in [-0.2, -0.15) is 4.31 Å². The van der Waals surface area contributed by atoms with Gasteiger partial charge in [-0.15, -0.1) is 0 Å². The van der Waals surface area contributed by atoms with E-state index in [1.165, 1.54) is 4.31 Å². The predicted molar refractivity (Wildman–Crippen MR) is 85.4 cm³/mol. The van der Waals surface area contributed by atoms with E-state index in [2.05, 4.69) is 0 Å². The molecule has 5 heteroatoms. The van der Waals surface area contributed by atoms with E-state index in [-0.39, 0.29) is 0 Å². The third kappa shape index (κ3) is 3.09. The summed E-state index contributed by atoms with van der Waals surface area (Å²) in [4.78, 5) is 0.306. The highest BCUT2D eigenvalue weighted by Gasteiger charge is 2.25. The summed E-state index contributed by atoms with van der Waals surface area (Å²) in [6.07, 6.45) is 0. The van der Waals surface area contributed by atoms with E-state index in [1.807, 2.05) is 30.3 Å². The zero-order valence-electron chi connectivity index (χ0n) is 12.5. The minimum atomic E-state index is -3.57. The second-order valence-corrected chi connectivity index (χ2v) is 7.15. The molecule has 0 aliphatic rings. The predicted octanol–water partition coefficient (Wildman–Crippen LogP) is 2.71. The zero-order chi connectivity index (χ0) is 15.6. The Kier molecular flexibility index (Phi) is 4.34. The van der Waals surface area contributed by atoms with Gasteiger partial charge in [0.25, 0.3) is 0 Å². The number of aryl methyl sites for hydroxylation is 1. The SMILES string of the molecule is Cc1ccc(N)c(C)c1S(=O)(=O)N(C)Cc1ccccc1. The Morgan fingerprint density at radius 3 is 2.29 bits per heavy atom. The Labute approximate surface area is 126 Å². The van der Waals surface area contributed by atoms with Gasteiger partial charge in [-0.3, -0.25) is 0 Å². The number of rotatable bonds is 4. The fourth-order valence-corrected chi connectivity index (χ4v) is 3.93. The average Bonchev–Trinajstić information content (AvgIpc) is 2.44. The highest BCUT2D eigenvalue weighted by atomic mass is 32.2. The first-order valence-electron chi connectivity index (χ1n) is 6.70. The van der Waals surface area contributed by atoms with Crippen LogP contribution < -0.4 is 5.73 Å². The maximum Gasteiger partial charge on any atom is 0.243 e. The van der Waals surface area contributed by atoms with Crippen LogP contribution in [0.5, 0.6) is 0 Å². The van der Waals surface area contributed by atoms with Gasteiger partial charge in [0.15, 0.2) is 0 Å². The van der Waals surface area contributed by atoms with Crippen molar-refractivity contribution in [1.82, 2.24) is 4.31 Å². The van der Waals surface area contributed by atoms with Crippen LogP contribution in [0.2, 0.25) is 0 Å². The molecule has 0 aliphatic heterocycles. The Morgan fingerprint density at radius 2 is 1.67 bits per heavy atom. The van der Waals surface area contributed by atoms with Gasteiger partial charge in [0.1, 0.15) is 0 Å². The second kappa shape index (κ2) is 5.87. The van der Waals surface area contributed by atoms with Crippen LogP contribution >= 0.6 is 0 Å². The molecule has 2 aromatic rings. The number of benzene rings is 2. The fourth-order valence-electron chi connectivity index (χ4n) is 2.32. The van der Waals surface area contributed by atoms with Crippen molar-refractivity contribution in [1.29, 1.82) is 0 Å². The summed E-state index contributed by atoms with van der Waals surface area (Å²) in [7, 11) is -1.98. The minimum absolute atomic E-state index is 0.306. The largest absolute Gasteiger partial charge is 0.398 e. The monoisotopic (exact) mass is 304 g/mol. The molecule has 0 aliphatic carbocycles. The quantitative estimate of drug-likeness (QED) is 0.883. The van der Waals surface area contributed by atoms with Gasteiger partial charge in [0.2, 0.25) is 10.0 Å². The van der Waals surface area contributed by atoms with E-state index in [1.54, 1.807) is 33.0 Å². The number of hydrogen-bond donors (Lipinski definition) is 1. The molecule has 0 spiro atoms. The van der Waals surface area contributed by atoms with Gasteiger partial charge < -0.3 is 5.73 Å². The van der Waals surface area contributed by atoms with Gasteiger partial charge in [0.05, 0.1) is 4.90 Å². The molecule has 0 unspecified atom stereocenters. The summed E-state index contributed by atoms with van der Waals surface area (Å²) in [5.41, 5.74) is 8.61.